The molecule has 0 heterocycles. The van der Waals surface area contributed by atoms with Crippen LogP contribution in [-0.2, 0) is 0 Å². The predicted molar refractivity (Wildman–Crippen MR) is 92.8 cm³/mol. The van der Waals surface area contributed by atoms with E-state index in [1.807, 2.05) is 36.4 Å². The second-order valence-corrected chi connectivity index (χ2v) is 5.27. The number of nitro benzene ring substituents is 1. The highest BCUT2D eigenvalue weighted by atomic mass is 16.6. The SMILES string of the molecule is Nc1c(C(=O)c2ccc([N+](=O)[O-])cc2)cccc1-c1ccccc1. The standard InChI is InChI=1S/C19H14N2O3/c20-18-16(13-5-2-1-3-6-13)7-4-8-17(18)19(22)14-9-11-15(12-10-14)21(23)24/h1-12H,20H2. The Bertz CT molecular complexity index is 904. The first-order valence-corrected chi connectivity index (χ1v) is 7.31. The lowest BCUT2D eigenvalue weighted by Crippen LogP contribution is -2.06. The molecule has 24 heavy (non-hydrogen) atoms. The summed E-state index contributed by atoms with van der Waals surface area (Å²) in [5.74, 6) is -0.264. The van der Waals surface area contributed by atoms with Gasteiger partial charge < -0.3 is 5.73 Å². The molecule has 3 rings (SSSR count). The maximum Gasteiger partial charge on any atom is 0.269 e. The first kappa shape index (κ1) is 15.4. The Kier molecular flexibility index (Phi) is 4.07. The molecule has 0 bridgehead atoms. The maximum atomic E-state index is 12.7. The number of para-hydroxylation sites is 1. The van der Waals surface area contributed by atoms with Gasteiger partial charge in [0.25, 0.3) is 5.69 Å². The van der Waals surface area contributed by atoms with Crippen molar-refractivity contribution in [3.05, 3.63) is 94.0 Å². The molecule has 0 unspecified atom stereocenters. The van der Waals surface area contributed by atoms with Gasteiger partial charge in [-0.25, -0.2) is 0 Å². The number of ketones is 1. The largest absolute Gasteiger partial charge is 0.398 e. The summed E-state index contributed by atoms with van der Waals surface area (Å²) in [6.45, 7) is 0. The molecule has 5 heteroatoms. The Morgan fingerprint density at radius 2 is 1.54 bits per heavy atom. The molecule has 5 nitrogen and oxygen atoms in total. The normalized spacial score (nSPS) is 10.3. The van der Waals surface area contributed by atoms with Gasteiger partial charge in [0.05, 0.1) is 10.6 Å². The topological polar surface area (TPSA) is 86.2 Å². The van der Waals surface area contributed by atoms with Crippen LogP contribution in [0.2, 0.25) is 0 Å². The molecule has 0 aliphatic carbocycles. The van der Waals surface area contributed by atoms with Gasteiger partial charge in [-0.1, -0.05) is 42.5 Å². The molecule has 0 spiro atoms. The predicted octanol–water partition coefficient (Wildman–Crippen LogP) is 4.08. The van der Waals surface area contributed by atoms with E-state index in [1.54, 1.807) is 12.1 Å². The lowest BCUT2D eigenvalue weighted by Gasteiger charge is -2.10. The summed E-state index contributed by atoms with van der Waals surface area (Å²) in [7, 11) is 0. The average molecular weight is 318 g/mol. The maximum absolute atomic E-state index is 12.7. The number of benzene rings is 3. The van der Waals surface area contributed by atoms with Crippen LogP contribution in [0.15, 0.2) is 72.8 Å². The fraction of sp³-hybridized carbons (Fsp3) is 0. The number of rotatable bonds is 4. The molecular formula is C19H14N2O3. The van der Waals surface area contributed by atoms with E-state index >= 15 is 0 Å². The molecule has 0 aliphatic heterocycles. The molecule has 0 fully saturated rings. The first-order valence-electron chi connectivity index (χ1n) is 7.31. The van der Waals surface area contributed by atoms with E-state index in [1.165, 1.54) is 24.3 Å². The summed E-state index contributed by atoms with van der Waals surface area (Å²) in [4.78, 5) is 22.9. The van der Waals surface area contributed by atoms with Crippen LogP contribution in [0.5, 0.6) is 0 Å². The zero-order chi connectivity index (χ0) is 17.1. The average Bonchev–Trinajstić information content (AvgIpc) is 2.62. The van der Waals surface area contributed by atoms with Crippen LogP contribution in [-0.4, -0.2) is 10.7 Å². The zero-order valence-corrected chi connectivity index (χ0v) is 12.7. The third kappa shape index (κ3) is 2.87. The second-order valence-electron chi connectivity index (χ2n) is 5.27. The van der Waals surface area contributed by atoms with Crippen LogP contribution in [0.3, 0.4) is 0 Å². The molecule has 2 N–H and O–H groups in total. The quantitative estimate of drug-likeness (QED) is 0.340. The molecule has 118 valence electrons. The lowest BCUT2D eigenvalue weighted by atomic mass is 9.95. The van der Waals surface area contributed by atoms with Gasteiger partial charge in [0, 0.05) is 28.8 Å². The fourth-order valence-electron chi connectivity index (χ4n) is 2.52. The third-order valence-corrected chi connectivity index (χ3v) is 3.78. The smallest absolute Gasteiger partial charge is 0.269 e. The zero-order valence-electron chi connectivity index (χ0n) is 12.7. The monoisotopic (exact) mass is 318 g/mol. The molecule has 3 aromatic rings. The Labute approximate surface area is 138 Å². The van der Waals surface area contributed by atoms with E-state index in [9.17, 15) is 14.9 Å². The minimum Gasteiger partial charge on any atom is -0.398 e. The molecule has 0 aliphatic rings. The van der Waals surface area contributed by atoms with Gasteiger partial charge in [0.2, 0.25) is 0 Å². The van der Waals surface area contributed by atoms with E-state index < -0.39 is 4.92 Å². The van der Waals surface area contributed by atoms with Crippen molar-refractivity contribution in [3.8, 4) is 11.1 Å². The molecule has 0 amide bonds. The number of nitrogens with zero attached hydrogens (tertiary/aromatic N) is 1. The van der Waals surface area contributed by atoms with Gasteiger partial charge in [0.15, 0.2) is 5.78 Å². The lowest BCUT2D eigenvalue weighted by molar-refractivity contribution is -0.384. The van der Waals surface area contributed by atoms with Crippen molar-refractivity contribution in [1.29, 1.82) is 0 Å². The van der Waals surface area contributed by atoms with Gasteiger partial charge in [-0.2, -0.15) is 0 Å². The van der Waals surface area contributed by atoms with Crippen molar-refractivity contribution in [2.75, 3.05) is 5.73 Å². The summed E-state index contributed by atoms with van der Waals surface area (Å²) < 4.78 is 0. The molecule has 0 saturated carbocycles. The summed E-state index contributed by atoms with van der Waals surface area (Å²) in [6, 6.07) is 20.3. The highest BCUT2D eigenvalue weighted by Crippen LogP contribution is 2.30. The molecule has 0 radical (unpaired) electrons. The Morgan fingerprint density at radius 3 is 2.17 bits per heavy atom. The number of anilines is 1. The number of nitrogen functional groups attached to an aromatic ring is 1. The molecule has 0 atom stereocenters. The van der Waals surface area contributed by atoms with Gasteiger partial charge in [-0.3, -0.25) is 14.9 Å². The van der Waals surface area contributed by atoms with E-state index in [-0.39, 0.29) is 11.5 Å². The minimum atomic E-state index is -0.501. The Hall–Kier alpha value is -3.47. The van der Waals surface area contributed by atoms with Crippen LogP contribution in [0, 0.1) is 10.1 Å². The van der Waals surface area contributed by atoms with Crippen molar-refractivity contribution >= 4 is 17.2 Å². The Morgan fingerprint density at radius 1 is 0.875 bits per heavy atom. The van der Waals surface area contributed by atoms with Crippen LogP contribution >= 0.6 is 0 Å². The van der Waals surface area contributed by atoms with Gasteiger partial charge in [0.1, 0.15) is 0 Å². The molecule has 3 aromatic carbocycles. The highest BCUT2D eigenvalue weighted by Gasteiger charge is 2.16. The van der Waals surface area contributed by atoms with Crippen molar-refractivity contribution in [2.45, 2.75) is 0 Å². The first-order chi connectivity index (χ1) is 11.6. The van der Waals surface area contributed by atoms with Crippen molar-refractivity contribution in [2.24, 2.45) is 0 Å². The molecular weight excluding hydrogens is 304 g/mol. The van der Waals surface area contributed by atoms with E-state index in [0.717, 1.165) is 11.1 Å². The van der Waals surface area contributed by atoms with E-state index in [0.29, 0.717) is 16.8 Å². The van der Waals surface area contributed by atoms with Gasteiger partial charge in [-0.05, 0) is 23.8 Å². The fourth-order valence-corrected chi connectivity index (χ4v) is 2.52. The van der Waals surface area contributed by atoms with E-state index in [2.05, 4.69) is 0 Å². The number of nitrogens with two attached hydrogens (primary N) is 1. The molecule has 0 saturated heterocycles. The van der Waals surface area contributed by atoms with Crippen LogP contribution < -0.4 is 5.73 Å². The van der Waals surface area contributed by atoms with Crippen molar-refractivity contribution in [1.82, 2.24) is 0 Å². The third-order valence-electron chi connectivity index (χ3n) is 3.78. The van der Waals surface area contributed by atoms with Crippen LogP contribution in [0.4, 0.5) is 11.4 Å². The highest BCUT2D eigenvalue weighted by molar-refractivity contribution is 6.13. The summed E-state index contributed by atoms with van der Waals surface area (Å²) >= 11 is 0. The summed E-state index contributed by atoms with van der Waals surface area (Å²) in [5.41, 5.74) is 8.98. The van der Waals surface area contributed by atoms with Crippen molar-refractivity contribution < 1.29 is 9.72 Å². The van der Waals surface area contributed by atoms with Crippen LogP contribution in [0.25, 0.3) is 11.1 Å². The number of non-ortho nitro benzene ring substituents is 1. The minimum absolute atomic E-state index is 0.0578. The number of carbonyl (C=O) groups is 1. The summed E-state index contributed by atoms with van der Waals surface area (Å²) in [5, 5.41) is 10.7. The van der Waals surface area contributed by atoms with E-state index in [4.69, 9.17) is 5.73 Å². The number of nitro groups is 1. The van der Waals surface area contributed by atoms with Crippen molar-refractivity contribution in [3.63, 3.8) is 0 Å². The van der Waals surface area contributed by atoms with Crippen LogP contribution in [0.1, 0.15) is 15.9 Å². The Balaban J connectivity index is 2.00. The number of hydrogen-bond acceptors (Lipinski definition) is 4. The number of carbonyl (C=O) groups excluding carboxylic acids is 1. The van der Waals surface area contributed by atoms with Gasteiger partial charge in [-0.15, -0.1) is 0 Å². The number of hydrogen-bond donors (Lipinski definition) is 1. The molecule has 0 aromatic heterocycles. The summed E-state index contributed by atoms with van der Waals surface area (Å²) in [6.07, 6.45) is 0. The second kappa shape index (κ2) is 6.34. The van der Waals surface area contributed by atoms with Gasteiger partial charge >= 0.3 is 0 Å².